The van der Waals surface area contributed by atoms with E-state index in [1.54, 1.807) is 18.2 Å². The quantitative estimate of drug-likeness (QED) is 0.453. The summed E-state index contributed by atoms with van der Waals surface area (Å²) in [6, 6.07) is 4.84. The van der Waals surface area contributed by atoms with Crippen LogP contribution in [0.4, 0.5) is 5.69 Å². The topological polar surface area (TPSA) is 62.0 Å². The predicted octanol–water partition coefficient (Wildman–Crippen LogP) is 3.48. The number of aldehydes is 1. The number of para-hydroxylation sites is 1. The molecule has 0 fully saturated rings. The van der Waals surface area contributed by atoms with Gasteiger partial charge in [-0.25, -0.2) is 0 Å². The van der Waals surface area contributed by atoms with Gasteiger partial charge in [0.15, 0.2) is 12.0 Å². The molecule has 0 heterocycles. The molecule has 0 aromatic heterocycles. The van der Waals surface area contributed by atoms with Gasteiger partial charge in [-0.2, -0.15) is 10.2 Å². The SMILES string of the molecule is CCCCC/N=N/c1cccc(C=O)c1O. The predicted molar refractivity (Wildman–Crippen MR) is 62.4 cm³/mol. The molecule has 4 nitrogen and oxygen atoms in total. The largest absolute Gasteiger partial charge is 0.505 e. The van der Waals surface area contributed by atoms with Gasteiger partial charge < -0.3 is 5.11 Å². The maximum atomic E-state index is 10.6. The molecule has 86 valence electrons. The lowest BCUT2D eigenvalue weighted by molar-refractivity contribution is 0.112. The summed E-state index contributed by atoms with van der Waals surface area (Å²) in [4.78, 5) is 10.6. The fourth-order valence-corrected chi connectivity index (χ4v) is 1.28. The van der Waals surface area contributed by atoms with E-state index in [4.69, 9.17) is 0 Å². The number of hydrogen-bond acceptors (Lipinski definition) is 4. The minimum Gasteiger partial charge on any atom is -0.505 e. The number of nitrogens with zero attached hydrogens (tertiary/aromatic N) is 2. The molecule has 0 radical (unpaired) electrons. The minimum absolute atomic E-state index is 0.100. The lowest BCUT2D eigenvalue weighted by Crippen LogP contribution is -1.81. The average molecular weight is 220 g/mol. The van der Waals surface area contributed by atoms with Gasteiger partial charge in [0, 0.05) is 0 Å². The van der Waals surface area contributed by atoms with Crippen LogP contribution in [0.15, 0.2) is 28.4 Å². The number of phenols is 1. The Morgan fingerprint density at radius 1 is 1.38 bits per heavy atom. The molecule has 0 aliphatic carbocycles. The summed E-state index contributed by atoms with van der Waals surface area (Å²) >= 11 is 0. The fraction of sp³-hybridized carbons (Fsp3) is 0.417. The van der Waals surface area contributed by atoms with E-state index in [-0.39, 0.29) is 11.3 Å². The summed E-state index contributed by atoms with van der Waals surface area (Å²) in [5, 5.41) is 17.5. The van der Waals surface area contributed by atoms with Gasteiger partial charge in [0.1, 0.15) is 5.69 Å². The second-order valence-electron chi connectivity index (χ2n) is 3.50. The zero-order chi connectivity index (χ0) is 11.8. The number of unbranched alkanes of at least 4 members (excludes halogenated alkanes) is 2. The Morgan fingerprint density at radius 3 is 2.88 bits per heavy atom. The van der Waals surface area contributed by atoms with Crippen molar-refractivity contribution in [2.24, 2.45) is 10.2 Å². The highest BCUT2D eigenvalue weighted by molar-refractivity contribution is 5.82. The first-order valence-electron chi connectivity index (χ1n) is 5.44. The zero-order valence-electron chi connectivity index (χ0n) is 9.39. The first-order chi connectivity index (χ1) is 7.79. The number of aromatic hydroxyl groups is 1. The Bertz CT molecular complexity index is 375. The van der Waals surface area contributed by atoms with Crippen molar-refractivity contribution < 1.29 is 9.90 Å². The van der Waals surface area contributed by atoms with Gasteiger partial charge >= 0.3 is 0 Å². The van der Waals surface area contributed by atoms with E-state index in [9.17, 15) is 9.90 Å². The molecule has 1 rings (SSSR count). The van der Waals surface area contributed by atoms with Crippen molar-refractivity contribution in [2.75, 3.05) is 6.54 Å². The molecule has 0 spiro atoms. The van der Waals surface area contributed by atoms with E-state index in [1.807, 2.05) is 0 Å². The molecule has 0 amide bonds. The summed E-state index contributed by atoms with van der Waals surface area (Å²) in [7, 11) is 0. The molecule has 1 aromatic rings. The monoisotopic (exact) mass is 220 g/mol. The van der Waals surface area contributed by atoms with Gasteiger partial charge in [-0.05, 0) is 18.6 Å². The minimum atomic E-state index is -0.100. The van der Waals surface area contributed by atoms with Crippen LogP contribution in [0.2, 0.25) is 0 Å². The summed E-state index contributed by atoms with van der Waals surface area (Å²) in [5.74, 6) is -0.100. The third-order valence-corrected chi connectivity index (χ3v) is 2.21. The highest BCUT2D eigenvalue weighted by atomic mass is 16.3. The molecule has 0 atom stereocenters. The van der Waals surface area contributed by atoms with Crippen LogP contribution >= 0.6 is 0 Å². The standard InChI is InChI=1S/C12H16N2O2/c1-2-3-4-8-13-14-11-7-5-6-10(9-15)12(11)16/h5-7,9,16H,2-4,8H2,1H3/b14-13+. The lowest BCUT2D eigenvalue weighted by atomic mass is 10.2. The van der Waals surface area contributed by atoms with Gasteiger partial charge in [0.25, 0.3) is 0 Å². The van der Waals surface area contributed by atoms with Crippen molar-refractivity contribution in [1.29, 1.82) is 0 Å². The normalized spacial score (nSPS) is 10.8. The van der Waals surface area contributed by atoms with E-state index in [0.717, 1.165) is 19.3 Å². The molecule has 16 heavy (non-hydrogen) atoms. The molecule has 1 N–H and O–H groups in total. The van der Waals surface area contributed by atoms with E-state index >= 15 is 0 Å². The number of benzene rings is 1. The zero-order valence-corrected chi connectivity index (χ0v) is 9.39. The molecule has 0 bridgehead atoms. The number of rotatable bonds is 6. The van der Waals surface area contributed by atoms with Crippen molar-refractivity contribution in [3.8, 4) is 5.75 Å². The van der Waals surface area contributed by atoms with Crippen LogP contribution < -0.4 is 0 Å². The Balaban J connectivity index is 2.63. The molecule has 0 saturated carbocycles. The van der Waals surface area contributed by atoms with Gasteiger partial charge in [-0.1, -0.05) is 25.8 Å². The average Bonchev–Trinajstić information content (AvgIpc) is 2.31. The Morgan fingerprint density at radius 2 is 2.19 bits per heavy atom. The second-order valence-corrected chi connectivity index (χ2v) is 3.50. The van der Waals surface area contributed by atoms with Crippen LogP contribution in [0.5, 0.6) is 5.75 Å². The molecule has 0 aliphatic heterocycles. The number of hydrogen-bond donors (Lipinski definition) is 1. The van der Waals surface area contributed by atoms with E-state index in [0.29, 0.717) is 18.5 Å². The molecular weight excluding hydrogens is 204 g/mol. The molecule has 0 aliphatic rings. The maximum Gasteiger partial charge on any atom is 0.153 e. The van der Waals surface area contributed by atoms with Gasteiger partial charge in [-0.15, -0.1) is 0 Å². The smallest absolute Gasteiger partial charge is 0.153 e. The van der Waals surface area contributed by atoms with Crippen molar-refractivity contribution in [2.45, 2.75) is 26.2 Å². The van der Waals surface area contributed by atoms with Crippen LogP contribution in [-0.2, 0) is 0 Å². The number of phenolic OH excluding ortho intramolecular Hbond substituents is 1. The second kappa shape index (κ2) is 6.71. The third kappa shape index (κ3) is 3.46. The van der Waals surface area contributed by atoms with Crippen LogP contribution in [0.1, 0.15) is 36.5 Å². The van der Waals surface area contributed by atoms with Crippen molar-refractivity contribution in [1.82, 2.24) is 0 Å². The van der Waals surface area contributed by atoms with Crippen LogP contribution in [-0.4, -0.2) is 17.9 Å². The number of azo groups is 1. The molecular formula is C12H16N2O2. The van der Waals surface area contributed by atoms with Crippen LogP contribution in [0.3, 0.4) is 0 Å². The van der Waals surface area contributed by atoms with Gasteiger partial charge in [-0.3, -0.25) is 4.79 Å². The van der Waals surface area contributed by atoms with E-state index < -0.39 is 0 Å². The molecule has 4 heteroatoms. The summed E-state index contributed by atoms with van der Waals surface area (Å²) in [6.07, 6.45) is 3.86. The van der Waals surface area contributed by atoms with E-state index in [1.165, 1.54) is 0 Å². The van der Waals surface area contributed by atoms with Crippen LogP contribution in [0, 0.1) is 0 Å². The molecule has 1 aromatic carbocycles. The Labute approximate surface area is 95.0 Å². The number of carbonyl (C=O) groups is 1. The van der Waals surface area contributed by atoms with Crippen molar-refractivity contribution >= 4 is 12.0 Å². The Kier molecular flexibility index (Phi) is 5.19. The first kappa shape index (κ1) is 12.4. The third-order valence-electron chi connectivity index (χ3n) is 2.21. The highest BCUT2D eigenvalue weighted by Crippen LogP contribution is 2.29. The first-order valence-corrected chi connectivity index (χ1v) is 5.44. The summed E-state index contributed by atoms with van der Waals surface area (Å²) in [6.45, 7) is 2.77. The maximum absolute atomic E-state index is 10.6. The Hall–Kier alpha value is -1.71. The van der Waals surface area contributed by atoms with Crippen LogP contribution in [0.25, 0.3) is 0 Å². The fourth-order valence-electron chi connectivity index (χ4n) is 1.28. The number of carbonyl (C=O) groups excluding carboxylic acids is 1. The van der Waals surface area contributed by atoms with Gasteiger partial charge in [0.2, 0.25) is 0 Å². The van der Waals surface area contributed by atoms with Gasteiger partial charge in [0.05, 0.1) is 12.1 Å². The lowest BCUT2D eigenvalue weighted by Gasteiger charge is -1.99. The highest BCUT2D eigenvalue weighted by Gasteiger charge is 2.04. The summed E-state index contributed by atoms with van der Waals surface area (Å²) < 4.78 is 0. The molecule has 0 unspecified atom stereocenters. The summed E-state index contributed by atoms with van der Waals surface area (Å²) in [5.41, 5.74) is 0.589. The molecule has 0 saturated heterocycles. The van der Waals surface area contributed by atoms with E-state index in [2.05, 4.69) is 17.2 Å². The van der Waals surface area contributed by atoms with Crippen molar-refractivity contribution in [3.63, 3.8) is 0 Å². The van der Waals surface area contributed by atoms with Crippen molar-refractivity contribution in [3.05, 3.63) is 23.8 Å².